The lowest BCUT2D eigenvalue weighted by molar-refractivity contribution is -0.137. The van der Waals surface area contributed by atoms with E-state index in [0.717, 1.165) is 18.1 Å². The summed E-state index contributed by atoms with van der Waals surface area (Å²) in [6.07, 6.45) is -3.96. The van der Waals surface area contributed by atoms with E-state index in [-0.39, 0.29) is 0 Å². The fourth-order valence-corrected chi connectivity index (χ4v) is 4.01. The third-order valence-electron chi connectivity index (χ3n) is 3.66. The summed E-state index contributed by atoms with van der Waals surface area (Å²) >= 11 is 11.7. The van der Waals surface area contributed by atoms with Gasteiger partial charge in [0, 0.05) is 7.05 Å². The van der Waals surface area contributed by atoms with Gasteiger partial charge in [0.1, 0.15) is 11.8 Å². The van der Waals surface area contributed by atoms with Gasteiger partial charge < -0.3 is 4.90 Å². The smallest absolute Gasteiger partial charge is 0.335 e. The summed E-state index contributed by atoms with van der Waals surface area (Å²) in [6, 6.07) is 2.07. The Morgan fingerprint density at radius 3 is 2.07 bits per heavy atom. The molecule has 2 aromatic rings. The zero-order chi connectivity index (χ0) is 23.2. The number of aromatic nitrogens is 2. The Morgan fingerprint density at radius 2 is 1.70 bits per heavy atom. The molecule has 162 valence electrons. The van der Waals surface area contributed by atoms with Crippen molar-refractivity contribution in [3.8, 4) is 11.8 Å². The average Bonchev–Trinajstić information content (AvgIpc) is 2.98. The van der Waals surface area contributed by atoms with Crippen molar-refractivity contribution in [3.05, 3.63) is 46.2 Å². The van der Waals surface area contributed by atoms with Crippen LogP contribution in [0.2, 0.25) is 10.0 Å². The minimum atomic E-state index is -6.11. The van der Waals surface area contributed by atoms with Crippen LogP contribution in [0.3, 0.4) is 0 Å². The van der Waals surface area contributed by atoms with Crippen molar-refractivity contribution in [2.24, 2.45) is 0 Å². The van der Waals surface area contributed by atoms with Crippen LogP contribution >= 0.6 is 23.2 Å². The molecule has 0 saturated carbocycles. The number of sulfone groups is 1. The second-order valence-electron chi connectivity index (χ2n) is 5.55. The molecule has 0 saturated heterocycles. The Labute approximate surface area is 175 Å². The minimum Gasteiger partial charge on any atom is -0.335 e. The van der Waals surface area contributed by atoms with E-state index in [4.69, 9.17) is 28.5 Å². The van der Waals surface area contributed by atoms with E-state index in [0.29, 0.717) is 16.8 Å². The maximum atomic E-state index is 13.2. The average molecular weight is 493 g/mol. The van der Waals surface area contributed by atoms with Gasteiger partial charge in [-0.15, -0.1) is 0 Å². The molecule has 6 nitrogen and oxygen atoms in total. The van der Waals surface area contributed by atoms with Crippen molar-refractivity contribution in [2.75, 3.05) is 11.9 Å². The van der Waals surface area contributed by atoms with E-state index >= 15 is 0 Å². The van der Waals surface area contributed by atoms with Gasteiger partial charge in [-0.3, -0.25) is 0 Å². The molecule has 0 fully saturated rings. The zero-order valence-electron chi connectivity index (χ0n) is 14.5. The van der Waals surface area contributed by atoms with E-state index in [1.807, 2.05) is 0 Å². The van der Waals surface area contributed by atoms with Crippen LogP contribution in [-0.4, -0.2) is 30.8 Å². The summed E-state index contributed by atoms with van der Waals surface area (Å²) in [4.78, 5) is -0.775. The summed E-state index contributed by atoms with van der Waals surface area (Å²) in [5, 5.41) is 11.2. The molecule has 0 unspecified atom stereocenters. The molecule has 0 atom stereocenters. The molecule has 0 bridgehead atoms. The topological polar surface area (TPSA) is 79.0 Å². The number of alkyl halides is 6. The second-order valence-corrected chi connectivity index (χ2v) is 8.25. The van der Waals surface area contributed by atoms with Crippen LogP contribution in [0.25, 0.3) is 5.69 Å². The van der Waals surface area contributed by atoms with Crippen LogP contribution in [-0.2, 0) is 16.0 Å². The van der Waals surface area contributed by atoms with E-state index < -0.39 is 59.2 Å². The lowest BCUT2D eigenvalue weighted by Crippen LogP contribution is -2.26. The Bertz CT molecular complexity index is 1140. The van der Waals surface area contributed by atoms with Crippen LogP contribution in [0.1, 0.15) is 11.3 Å². The summed E-state index contributed by atoms with van der Waals surface area (Å²) in [7, 11) is -5.04. The van der Waals surface area contributed by atoms with Crippen LogP contribution in [0.4, 0.5) is 32.2 Å². The predicted molar refractivity (Wildman–Crippen MR) is 95.1 cm³/mol. The first-order valence-corrected chi connectivity index (χ1v) is 9.58. The van der Waals surface area contributed by atoms with Gasteiger partial charge in [-0.05, 0) is 18.3 Å². The first-order valence-electron chi connectivity index (χ1n) is 7.34. The number of rotatable bonds is 4. The highest BCUT2D eigenvalue weighted by atomic mass is 35.5. The summed E-state index contributed by atoms with van der Waals surface area (Å²) < 4.78 is 103. The highest BCUT2D eigenvalue weighted by Gasteiger charge is 2.51. The molecule has 0 aliphatic heterocycles. The number of benzene rings is 1. The first kappa shape index (κ1) is 23.8. The highest BCUT2D eigenvalue weighted by molar-refractivity contribution is 7.92. The normalized spacial score (nSPS) is 12.5. The summed E-state index contributed by atoms with van der Waals surface area (Å²) in [6.45, 7) is 3.29. The number of hydrogen-bond donors (Lipinski definition) is 0. The number of nitriles is 1. The molecule has 0 spiro atoms. The van der Waals surface area contributed by atoms with Crippen LogP contribution < -0.4 is 4.90 Å². The predicted octanol–water partition coefficient (Wildman–Crippen LogP) is 4.94. The van der Waals surface area contributed by atoms with Gasteiger partial charge in [0.2, 0.25) is 0 Å². The third kappa shape index (κ3) is 3.94. The maximum absolute atomic E-state index is 13.2. The van der Waals surface area contributed by atoms with Crippen LogP contribution in [0.5, 0.6) is 0 Å². The number of halogens is 8. The summed E-state index contributed by atoms with van der Waals surface area (Å²) in [5.74, 6) is -0.859. The second kappa shape index (κ2) is 7.68. The van der Waals surface area contributed by atoms with Gasteiger partial charge in [0.15, 0.2) is 16.4 Å². The monoisotopic (exact) mass is 492 g/mol. The van der Waals surface area contributed by atoms with Crippen molar-refractivity contribution in [1.29, 1.82) is 5.26 Å². The quantitative estimate of drug-likeness (QED) is 0.564. The molecular weight excluding hydrogens is 485 g/mol. The molecule has 0 N–H and O–H groups in total. The number of anilines is 1. The molecule has 0 aliphatic carbocycles. The fraction of sp³-hybridized carbons (Fsp3) is 0.200. The Hall–Kier alpha value is -2.43. The van der Waals surface area contributed by atoms with Gasteiger partial charge in [0.25, 0.3) is 9.84 Å². The standard InChI is InChI=1S/C15H8Cl2F6N4O2S/c1-3-26(2)13-12(30(28,29)15(21,22)23)10(6-24)25-27(13)11-8(16)4-7(5-9(11)17)14(18,19)20/h3-5H,1H2,2H3. The molecule has 30 heavy (non-hydrogen) atoms. The first-order chi connectivity index (χ1) is 13.6. The van der Waals surface area contributed by atoms with Crippen LogP contribution in [0, 0.1) is 11.3 Å². The minimum absolute atomic E-state index is 0.423. The van der Waals surface area contributed by atoms with Gasteiger partial charge >= 0.3 is 11.7 Å². The molecule has 0 radical (unpaired) electrons. The fourth-order valence-electron chi connectivity index (χ4n) is 2.31. The van der Waals surface area contributed by atoms with Crippen molar-refractivity contribution >= 4 is 38.9 Å². The van der Waals surface area contributed by atoms with E-state index in [2.05, 4.69) is 11.7 Å². The molecule has 1 heterocycles. The number of hydrogen-bond acceptors (Lipinski definition) is 5. The largest absolute Gasteiger partial charge is 0.502 e. The SMILES string of the molecule is C=CN(C)c1c(S(=O)(=O)C(F)(F)F)c(C#N)nn1-c1c(Cl)cc(C(F)(F)F)cc1Cl. The van der Waals surface area contributed by atoms with Gasteiger partial charge in [-0.25, -0.2) is 13.1 Å². The van der Waals surface area contributed by atoms with Crippen molar-refractivity contribution in [2.45, 2.75) is 16.6 Å². The molecule has 1 aromatic carbocycles. The zero-order valence-corrected chi connectivity index (χ0v) is 16.8. The number of nitrogens with zero attached hydrogens (tertiary/aromatic N) is 4. The molecule has 2 rings (SSSR count). The molecule has 0 aliphatic rings. The maximum Gasteiger partial charge on any atom is 0.502 e. The Morgan fingerprint density at radius 1 is 1.20 bits per heavy atom. The van der Waals surface area contributed by atoms with Gasteiger partial charge in [-0.1, -0.05) is 29.8 Å². The van der Waals surface area contributed by atoms with Crippen molar-refractivity contribution < 1.29 is 34.8 Å². The molecule has 1 aromatic heterocycles. The molecule has 15 heteroatoms. The third-order valence-corrected chi connectivity index (χ3v) is 5.76. The van der Waals surface area contributed by atoms with Crippen molar-refractivity contribution in [1.82, 2.24) is 9.78 Å². The van der Waals surface area contributed by atoms with Crippen molar-refractivity contribution in [3.63, 3.8) is 0 Å². The van der Waals surface area contributed by atoms with E-state index in [1.54, 1.807) is 0 Å². The van der Waals surface area contributed by atoms with Gasteiger partial charge in [-0.2, -0.15) is 36.7 Å². The highest BCUT2D eigenvalue weighted by Crippen LogP contribution is 2.43. The van der Waals surface area contributed by atoms with E-state index in [9.17, 15) is 34.8 Å². The lowest BCUT2D eigenvalue weighted by atomic mass is 10.2. The molecule has 0 amide bonds. The summed E-state index contributed by atoms with van der Waals surface area (Å²) in [5.41, 5.74) is -8.83. The van der Waals surface area contributed by atoms with Crippen LogP contribution in [0.15, 0.2) is 29.8 Å². The van der Waals surface area contributed by atoms with E-state index in [1.165, 1.54) is 6.07 Å². The molecular formula is C15H8Cl2F6N4O2S. The lowest BCUT2D eigenvalue weighted by Gasteiger charge is -2.20. The van der Waals surface area contributed by atoms with Gasteiger partial charge in [0.05, 0.1) is 15.6 Å². The Balaban J connectivity index is 3.01. The Kier molecular flexibility index (Phi) is 6.10.